The molecule has 1 saturated heterocycles. The van der Waals surface area contributed by atoms with Crippen LogP contribution in [0, 0.1) is 13.8 Å². The number of hydrogen-bond donors (Lipinski definition) is 0. The van der Waals surface area contributed by atoms with Gasteiger partial charge in [-0.05, 0) is 157 Å². The van der Waals surface area contributed by atoms with E-state index in [0.717, 1.165) is 79.0 Å². The molecule has 0 spiro atoms. The van der Waals surface area contributed by atoms with Crippen LogP contribution >= 0.6 is 0 Å². The van der Waals surface area contributed by atoms with Gasteiger partial charge in [-0.2, -0.15) is 0 Å². The largest absolute Gasteiger partial charge is 0.491 e. The van der Waals surface area contributed by atoms with Crippen LogP contribution in [0.4, 0.5) is 0 Å². The van der Waals surface area contributed by atoms with E-state index in [1.807, 2.05) is 143 Å². The van der Waals surface area contributed by atoms with Crippen molar-refractivity contribution in [1.82, 2.24) is 9.13 Å². The van der Waals surface area contributed by atoms with Gasteiger partial charge in [-0.1, -0.05) is 46.7 Å². The molecule has 13 heteroatoms. The third-order valence-electron chi connectivity index (χ3n) is 12.7. The fourth-order valence-electron chi connectivity index (χ4n) is 9.15. The lowest BCUT2D eigenvalue weighted by molar-refractivity contribution is -0.141. The van der Waals surface area contributed by atoms with Crippen LogP contribution < -0.4 is 4.74 Å². The van der Waals surface area contributed by atoms with Gasteiger partial charge >= 0.3 is 11.9 Å². The maximum atomic E-state index is 13.6. The average molecular weight is 955 g/mol. The third-order valence-corrected chi connectivity index (χ3v) is 12.7. The van der Waals surface area contributed by atoms with E-state index in [-0.39, 0.29) is 17.7 Å². The van der Waals surface area contributed by atoms with E-state index in [9.17, 15) is 19.2 Å². The second kappa shape index (κ2) is 20.7. The Balaban J connectivity index is 0.000000197. The number of hydrogen-bond acceptors (Lipinski definition) is 11. The molecular weight excluding hydrogens is 897 g/mol. The molecule has 1 atom stereocenters. The number of benzene rings is 6. The monoisotopic (exact) mass is 954 g/mol. The van der Waals surface area contributed by atoms with Gasteiger partial charge < -0.3 is 33.0 Å². The number of ketones is 2. The molecular formula is C58H58N4O9. The number of aryl methyl sites for hydroxylation is 4. The van der Waals surface area contributed by atoms with Crippen LogP contribution in [0.1, 0.15) is 109 Å². The zero-order valence-corrected chi connectivity index (χ0v) is 41.8. The SMILES string of the molecule is CCn1c2ccc(C(=O)c3ccc(OCC4COC(C)(C)O4)cc3C)cc2c2cc(/C(C)=N\OC(C)=O)ccc21.CCn1c2ccc(C(=O)c3ccccc3C)cc2c2cc(/C(C)=N\OC(C)=O)ccc21. The summed E-state index contributed by atoms with van der Waals surface area (Å²) in [5, 5.41) is 11.9. The lowest BCUT2D eigenvalue weighted by Gasteiger charge is -2.17. The van der Waals surface area contributed by atoms with Crippen molar-refractivity contribution in [3.8, 4) is 5.75 Å². The number of carbonyl (C=O) groups excluding carboxylic acids is 4. The van der Waals surface area contributed by atoms with Gasteiger partial charge in [0.1, 0.15) is 18.5 Å². The van der Waals surface area contributed by atoms with Crippen molar-refractivity contribution in [2.24, 2.45) is 10.3 Å². The highest BCUT2D eigenvalue weighted by Crippen LogP contribution is 2.34. The molecule has 1 aliphatic heterocycles. The molecule has 3 heterocycles. The van der Waals surface area contributed by atoms with Gasteiger partial charge in [0.25, 0.3) is 0 Å². The number of carbonyl (C=O) groups is 4. The molecule has 0 amide bonds. The topological polar surface area (TPSA) is 149 Å². The van der Waals surface area contributed by atoms with Crippen molar-refractivity contribution >= 4 is 78.5 Å². The summed E-state index contributed by atoms with van der Waals surface area (Å²) in [5.41, 5.74) is 11.6. The molecule has 2 aromatic heterocycles. The van der Waals surface area contributed by atoms with E-state index in [1.165, 1.54) is 13.8 Å². The van der Waals surface area contributed by atoms with Crippen LogP contribution in [-0.4, -0.2) is 69.2 Å². The number of nitrogens with zero attached hydrogens (tertiary/aromatic N) is 4. The van der Waals surface area contributed by atoms with E-state index in [1.54, 1.807) is 13.8 Å². The first kappa shape index (κ1) is 49.7. The molecule has 0 radical (unpaired) electrons. The minimum absolute atomic E-state index is 0.0150. The first-order valence-corrected chi connectivity index (χ1v) is 23.7. The highest BCUT2D eigenvalue weighted by molar-refractivity contribution is 6.18. The summed E-state index contributed by atoms with van der Waals surface area (Å²) in [7, 11) is 0. The fourth-order valence-corrected chi connectivity index (χ4v) is 9.15. The number of ether oxygens (including phenoxy) is 3. The van der Waals surface area contributed by atoms with Crippen molar-refractivity contribution in [3.63, 3.8) is 0 Å². The molecule has 1 aliphatic rings. The van der Waals surface area contributed by atoms with E-state index in [4.69, 9.17) is 23.9 Å². The van der Waals surface area contributed by atoms with Crippen LogP contribution in [0.15, 0.2) is 126 Å². The molecule has 1 unspecified atom stereocenters. The van der Waals surface area contributed by atoms with Crippen molar-refractivity contribution in [3.05, 3.63) is 160 Å². The van der Waals surface area contributed by atoms with Gasteiger partial charge in [-0.3, -0.25) is 9.59 Å². The van der Waals surface area contributed by atoms with Crippen LogP contribution in [0.5, 0.6) is 5.75 Å². The van der Waals surface area contributed by atoms with Crippen molar-refractivity contribution < 1.29 is 43.1 Å². The molecule has 364 valence electrons. The van der Waals surface area contributed by atoms with Crippen LogP contribution in [0.2, 0.25) is 0 Å². The Morgan fingerprint density at radius 1 is 0.577 bits per heavy atom. The predicted molar refractivity (Wildman–Crippen MR) is 278 cm³/mol. The highest BCUT2D eigenvalue weighted by Gasteiger charge is 2.33. The quantitative estimate of drug-likeness (QED) is 0.0476. The molecule has 0 N–H and O–H groups in total. The van der Waals surface area contributed by atoms with Crippen molar-refractivity contribution in [2.75, 3.05) is 13.2 Å². The summed E-state index contributed by atoms with van der Waals surface area (Å²) in [6.07, 6.45) is -0.133. The molecule has 9 rings (SSSR count). The van der Waals surface area contributed by atoms with Crippen LogP contribution in [0.3, 0.4) is 0 Å². The van der Waals surface area contributed by atoms with Gasteiger partial charge in [-0.15, -0.1) is 0 Å². The summed E-state index contributed by atoms with van der Waals surface area (Å²) in [6, 6.07) is 37.0. The summed E-state index contributed by atoms with van der Waals surface area (Å²) < 4.78 is 21.8. The standard InChI is InChI=1S/C32H34N2O6.C26H24N2O3/c1-7-34-29-12-8-22(20(3)33-40-21(4)35)15-27(29)28-16-23(9-13-30(28)34)31(36)26-11-10-24(14-19(26)2)37-17-25-18-38-32(5,6)39-25;1-5-28-24-12-10-19(17(3)27-31-18(4)29)14-22(24)23-15-20(11-13-25(23)28)26(30)21-9-7-6-8-16(21)2/h8-16,25H,7,17-18H2,1-6H3;6-15H,5H2,1-4H3/b33-20-;27-17-. The average Bonchev–Trinajstić information content (AvgIpc) is 4.00. The van der Waals surface area contributed by atoms with Gasteiger partial charge in [-0.25, -0.2) is 9.59 Å². The Morgan fingerprint density at radius 3 is 1.42 bits per heavy atom. The highest BCUT2D eigenvalue weighted by atomic mass is 16.7. The minimum Gasteiger partial charge on any atom is -0.491 e. The van der Waals surface area contributed by atoms with Crippen LogP contribution in [0.25, 0.3) is 43.6 Å². The molecule has 71 heavy (non-hydrogen) atoms. The number of rotatable bonds is 13. The van der Waals surface area contributed by atoms with Gasteiger partial charge in [0.2, 0.25) is 0 Å². The van der Waals surface area contributed by atoms with Crippen molar-refractivity contribution in [1.29, 1.82) is 0 Å². The number of oxime groups is 2. The summed E-state index contributed by atoms with van der Waals surface area (Å²) >= 11 is 0. The van der Waals surface area contributed by atoms with E-state index in [0.29, 0.717) is 52.6 Å². The van der Waals surface area contributed by atoms with Gasteiger partial charge in [0.05, 0.1) is 18.0 Å². The number of aromatic nitrogens is 2. The molecule has 6 aromatic carbocycles. The lowest BCUT2D eigenvalue weighted by Crippen LogP contribution is -2.25. The van der Waals surface area contributed by atoms with E-state index < -0.39 is 17.7 Å². The number of fused-ring (bicyclic) bond motifs is 6. The Kier molecular flexibility index (Phi) is 14.5. The van der Waals surface area contributed by atoms with Gasteiger partial charge in [0, 0.05) is 92.8 Å². The normalized spacial score (nSPS) is 14.7. The zero-order chi connectivity index (χ0) is 50.7. The molecule has 1 fully saturated rings. The molecule has 8 aromatic rings. The first-order chi connectivity index (χ1) is 34.0. The summed E-state index contributed by atoms with van der Waals surface area (Å²) in [4.78, 5) is 58.7. The van der Waals surface area contributed by atoms with Gasteiger partial charge in [0.15, 0.2) is 17.4 Å². The summed E-state index contributed by atoms with van der Waals surface area (Å²) in [6.45, 7) is 20.5. The smallest absolute Gasteiger partial charge is 0.331 e. The molecule has 13 nitrogen and oxygen atoms in total. The van der Waals surface area contributed by atoms with E-state index in [2.05, 4.69) is 33.3 Å². The lowest BCUT2D eigenvalue weighted by atomic mass is 9.97. The second-order valence-corrected chi connectivity index (χ2v) is 18.1. The van der Waals surface area contributed by atoms with Crippen molar-refractivity contribution in [2.45, 2.75) is 94.2 Å². The Morgan fingerprint density at radius 2 is 1.01 bits per heavy atom. The van der Waals surface area contributed by atoms with Crippen LogP contribution in [-0.2, 0) is 41.8 Å². The molecule has 0 bridgehead atoms. The molecule has 0 aliphatic carbocycles. The molecule has 0 saturated carbocycles. The predicted octanol–water partition coefficient (Wildman–Crippen LogP) is 11.8. The first-order valence-electron chi connectivity index (χ1n) is 23.7. The maximum Gasteiger partial charge on any atom is 0.331 e. The fraction of sp³-hybridized carbons (Fsp3) is 0.276. The van der Waals surface area contributed by atoms with E-state index >= 15 is 0 Å². The Labute approximate surface area is 412 Å². The summed E-state index contributed by atoms with van der Waals surface area (Å²) in [5.74, 6) is -0.877. The Bertz CT molecular complexity index is 3470. The Hall–Kier alpha value is -7.74. The minimum atomic E-state index is -0.595. The maximum absolute atomic E-state index is 13.6. The second-order valence-electron chi connectivity index (χ2n) is 18.1. The third kappa shape index (κ3) is 10.6. The zero-order valence-electron chi connectivity index (χ0n) is 41.8.